The molecule has 79 heavy (non-hydrogen) atoms. The first-order valence-electron chi connectivity index (χ1n) is 26.0. The zero-order chi connectivity index (χ0) is 51.3. The van der Waals surface area contributed by atoms with E-state index in [1.54, 1.807) is 6.20 Å². The van der Waals surface area contributed by atoms with Crippen molar-refractivity contribution in [2.45, 2.75) is 20.8 Å². The predicted molar refractivity (Wildman–Crippen MR) is 312 cm³/mol. The summed E-state index contributed by atoms with van der Waals surface area (Å²) in [5.74, 6) is 0. The van der Waals surface area contributed by atoms with Crippen molar-refractivity contribution in [1.29, 1.82) is 0 Å². The van der Waals surface area contributed by atoms with E-state index in [0.29, 0.717) is 0 Å². The number of pyridine rings is 2. The first-order chi connectivity index (χ1) is 37.9. The Hall–Kier alpha value is -8.41. The molecule has 0 bridgehead atoms. The van der Waals surface area contributed by atoms with Gasteiger partial charge in [0.15, 0.2) is 0 Å². The maximum atomic E-state index is 4.78. The van der Waals surface area contributed by atoms with E-state index in [-0.39, 0.29) is 55.8 Å². The number of anilines is 4. The largest absolute Gasteiger partial charge is 2.00 e. The Labute approximate surface area is 489 Å². The van der Waals surface area contributed by atoms with Gasteiger partial charge in [-0.05, 0) is 103 Å². The maximum Gasteiger partial charge on any atom is 2.00 e. The van der Waals surface area contributed by atoms with Crippen molar-refractivity contribution in [3.05, 3.63) is 254 Å². The topological polar surface area (TPSA) is 67.9 Å². The standard InChI is InChI=1S/C35H25BN4.C32H19BN4.2Pt/c1-22-16-17-37-33(18-22)25-12-14-27-29-8-4-6-10-34(29)39-35-11-7-5-9-30(35)28-15-13-26(40-24(3)19-23(2)38-40)21-32(28)36(39)31(27)20-25;1-3-11-31-26(8-1)24-15-13-22(30-10-5-6-17-34-30)20-28(24)33-29-21-23(36-19-7-18-35-36)14-16-25(29)27-9-2-4-12-32(27)37(31)33;;/h4-19H,1-3H3;1-19H;;/q2*-2;2*+2. The third-order valence-electron chi connectivity index (χ3n) is 15.4. The summed E-state index contributed by atoms with van der Waals surface area (Å²) in [6, 6.07) is 81.6. The molecule has 8 nitrogen and oxygen atoms in total. The van der Waals surface area contributed by atoms with E-state index >= 15 is 0 Å². The molecule has 8 heterocycles. The van der Waals surface area contributed by atoms with Crippen molar-refractivity contribution in [2.24, 2.45) is 0 Å². The van der Waals surface area contributed by atoms with Crippen molar-refractivity contribution >= 4 is 58.3 Å². The Kier molecular flexibility index (Phi) is 12.8. The normalized spacial score (nSPS) is 12.4. The van der Waals surface area contributed by atoms with Gasteiger partial charge in [0.2, 0.25) is 0 Å². The molecule has 0 saturated carbocycles. The van der Waals surface area contributed by atoms with E-state index in [1.165, 1.54) is 72.8 Å². The SMILES string of the molecule is Cc1ccnc(-c2[c-]c3c(cc2)-c2ccccc2N2B3c3[c-]c(-n4nc(C)cc4C)ccc3-c3ccccc32)c1.[Pt+2].[Pt+2].[c-]1c(-c2ccccn2)ccc2c1B1c3[c-]c(-n4cccn4)ccc3-c3ccccc3N1c1ccccc1-2. The minimum atomic E-state index is -0.100. The van der Waals surface area contributed by atoms with Crippen LogP contribution in [0, 0.1) is 45.0 Å². The monoisotopic (exact) mass is 1370 g/mol. The number of nitrogens with zero attached hydrogens (tertiary/aromatic N) is 8. The zero-order valence-corrected chi connectivity index (χ0v) is 47.6. The summed E-state index contributed by atoms with van der Waals surface area (Å²) >= 11 is 0. The van der Waals surface area contributed by atoms with Gasteiger partial charge in [0.25, 0.3) is 13.7 Å². The summed E-state index contributed by atoms with van der Waals surface area (Å²) in [5.41, 5.74) is 27.9. The smallest absolute Gasteiger partial charge is 0.381 e. The number of benzene rings is 8. The molecular weight excluding hydrogens is 1330 g/mol. The maximum absolute atomic E-state index is 4.78. The van der Waals surface area contributed by atoms with Crippen LogP contribution < -0.4 is 31.5 Å². The van der Waals surface area contributed by atoms with Crippen LogP contribution in [0.5, 0.6) is 0 Å². The minimum absolute atomic E-state index is 0. The van der Waals surface area contributed by atoms with Gasteiger partial charge in [-0.1, -0.05) is 108 Å². The average Bonchev–Trinajstić information content (AvgIpc) is 4.10. The first-order valence-corrected chi connectivity index (χ1v) is 26.0. The summed E-state index contributed by atoms with van der Waals surface area (Å²) in [6.07, 6.45) is 7.47. The number of aryl methyl sites for hydroxylation is 3. The molecule has 0 saturated heterocycles. The second-order valence-corrected chi connectivity index (χ2v) is 20.1. The van der Waals surface area contributed by atoms with Crippen LogP contribution >= 0.6 is 0 Å². The molecule has 0 N–H and O–H groups in total. The predicted octanol–water partition coefficient (Wildman–Crippen LogP) is 11.8. The summed E-state index contributed by atoms with van der Waals surface area (Å²) < 4.78 is 3.87. The van der Waals surface area contributed by atoms with Gasteiger partial charge in [-0.3, -0.25) is 9.36 Å². The van der Waals surface area contributed by atoms with E-state index in [0.717, 1.165) is 67.1 Å². The van der Waals surface area contributed by atoms with E-state index in [1.807, 2.05) is 65.2 Å². The van der Waals surface area contributed by atoms with Crippen LogP contribution in [0.3, 0.4) is 0 Å². The van der Waals surface area contributed by atoms with Crippen molar-refractivity contribution in [3.63, 3.8) is 0 Å². The van der Waals surface area contributed by atoms with E-state index < -0.39 is 0 Å². The van der Waals surface area contributed by atoms with Crippen LogP contribution in [0.25, 0.3) is 78.4 Å². The summed E-state index contributed by atoms with van der Waals surface area (Å²) in [5, 5.41) is 9.25. The Morgan fingerprint density at radius 1 is 0.392 bits per heavy atom. The molecule has 0 aliphatic carbocycles. The quantitative estimate of drug-likeness (QED) is 0.129. The first kappa shape index (κ1) is 50.1. The summed E-state index contributed by atoms with van der Waals surface area (Å²) in [7, 11) is 0. The van der Waals surface area contributed by atoms with Gasteiger partial charge >= 0.3 is 42.1 Å². The Balaban J connectivity index is 0.000000146. The fraction of sp³-hybridized carbons (Fsp3) is 0.0448. The van der Waals surface area contributed by atoms with Crippen LogP contribution in [-0.2, 0) is 42.1 Å². The van der Waals surface area contributed by atoms with Gasteiger partial charge < -0.3 is 19.6 Å². The average molecular weight is 1370 g/mol. The minimum Gasteiger partial charge on any atom is -0.381 e. The Morgan fingerprint density at radius 3 is 1.34 bits per heavy atom. The molecule has 0 spiro atoms. The molecule has 0 radical (unpaired) electrons. The molecule has 0 atom stereocenters. The Bertz CT molecular complexity index is 4330. The number of rotatable bonds is 4. The number of para-hydroxylation sites is 4. The molecule has 12 aromatic rings. The second-order valence-electron chi connectivity index (χ2n) is 20.1. The van der Waals surface area contributed by atoms with Crippen LogP contribution in [0.1, 0.15) is 17.0 Å². The Morgan fingerprint density at radius 2 is 0.861 bits per heavy atom. The van der Waals surface area contributed by atoms with Gasteiger partial charge in [0.05, 0.1) is 5.69 Å². The fourth-order valence-corrected chi connectivity index (χ4v) is 12.1. The molecule has 0 unspecified atom stereocenters. The molecule has 0 fully saturated rings. The van der Waals surface area contributed by atoms with Gasteiger partial charge in [-0.15, -0.1) is 92.8 Å². The van der Waals surface area contributed by atoms with Gasteiger partial charge in [0, 0.05) is 53.2 Å². The third-order valence-corrected chi connectivity index (χ3v) is 15.4. The van der Waals surface area contributed by atoms with Crippen molar-refractivity contribution < 1.29 is 42.1 Å². The van der Waals surface area contributed by atoms with Crippen LogP contribution in [-0.4, -0.2) is 43.2 Å². The number of fused-ring (bicyclic) bond motifs is 22. The molecule has 16 rings (SSSR count). The van der Waals surface area contributed by atoms with Crippen LogP contribution in [0.15, 0.2) is 213 Å². The molecule has 4 aromatic heterocycles. The molecule has 8 aromatic carbocycles. The van der Waals surface area contributed by atoms with Crippen molar-refractivity contribution in [3.8, 4) is 78.4 Å². The number of hydrogen-bond acceptors (Lipinski definition) is 6. The zero-order valence-electron chi connectivity index (χ0n) is 43.1. The second kappa shape index (κ2) is 20.1. The van der Waals surface area contributed by atoms with Crippen LogP contribution in [0.2, 0.25) is 0 Å². The van der Waals surface area contributed by atoms with E-state index in [2.05, 4.69) is 221 Å². The van der Waals surface area contributed by atoms with Crippen molar-refractivity contribution in [2.75, 3.05) is 9.62 Å². The summed E-state index contributed by atoms with van der Waals surface area (Å²) in [6.45, 7) is 6.04. The fourth-order valence-electron chi connectivity index (χ4n) is 12.1. The third kappa shape index (κ3) is 8.23. The van der Waals surface area contributed by atoms with Gasteiger partial charge in [-0.2, -0.15) is 45.4 Å². The number of hydrogen-bond donors (Lipinski definition) is 0. The van der Waals surface area contributed by atoms with Gasteiger partial charge in [0.1, 0.15) is 0 Å². The van der Waals surface area contributed by atoms with Gasteiger partial charge in [-0.25, -0.2) is 0 Å². The molecule has 4 aliphatic heterocycles. The van der Waals surface area contributed by atoms with E-state index in [4.69, 9.17) is 5.10 Å². The molecular formula is C67H44B2N8Pt2. The molecule has 12 heteroatoms. The van der Waals surface area contributed by atoms with E-state index in [9.17, 15) is 0 Å². The molecule has 0 amide bonds. The number of aromatic nitrogens is 6. The van der Waals surface area contributed by atoms with Crippen LogP contribution in [0.4, 0.5) is 22.7 Å². The molecule has 4 aliphatic rings. The molecule has 378 valence electrons. The van der Waals surface area contributed by atoms with Crippen molar-refractivity contribution in [1.82, 2.24) is 29.5 Å². The summed E-state index contributed by atoms with van der Waals surface area (Å²) in [4.78, 5) is 14.2.